The molecule has 0 aliphatic heterocycles. The van der Waals surface area contributed by atoms with Crippen molar-refractivity contribution in [3.05, 3.63) is 29.8 Å². The highest BCUT2D eigenvalue weighted by molar-refractivity contribution is 5.90. The Morgan fingerprint density at radius 1 is 1.19 bits per heavy atom. The Bertz CT molecular complexity index is 457. The summed E-state index contributed by atoms with van der Waals surface area (Å²) in [7, 11) is 1.83. The molecule has 5 nitrogen and oxygen atoms in total. The van der Waals surface area contributed by atoms with Crippen molar-refractivity contribution >= 4 is 17.5 Å². The Labute approximate surface area is 126 Å². The summed E-state index contributed by atoms with van der Waals surface area (Å²) < 4.78 is 0. The Morgan fingerprint density at radius 2 is 1.86 bits per heavy atom. The maximum atomic E-state index is 11.8. The smallest absolute Gasteiger partial charge is 0.224 e. The molecule has 5 heteroatoms. The van der Waals surface area contributed by atoms with Crippen molar-refractivity contribution in [3.63, 3.8) is 0 Å². The summed E-state index contributed by atoms with van der Waals surface area (Å²) in [6.07, 6.45) is 1.36. The number of amides is 2. The predicted molar refractivity (Wildman–Crippen MR) is 84.9 cm³/mol. The fraction of sp³-hybridized carbons (Fsp3) is 0.500. The highest BCUT2D eigenvalue weighted by atomic mass is 16.2. The van der Waals surface area contributed by atoms with Crippen molar-refractivity contribution in [2.75, 3.05) is 18.9 Å². The van der Waals surface area contributed by atoms with Crippen molar-refractivity contribution < 1.29 is 9.59 Å². The van der Waals surface area contributed by atoms with Gasteiger partial charge >= 0.3 is 0 Å². The molecular weight excluding hydrogens is 266 g/mol. The number of carbonyl (C=O) groups is 2. The van der Waals surface area contributed by atoms with Crippen LogP contribution in [0.5, 0.6) is 0 Å². The summed E-state index contributed by atoms with van der Waals surface area (Å²) in [5, 5.41) is 8.71. The third-order valence-electron chi connectivity index (χ3n) is 3.14. The molecule has 2 amide bonds. The molecule has 1 aromatic rings. The van der Waals surface area contributed by atoms with Gasteiger partial charge in [-0.25, -0.2) is 0 Å². The van der Waals surface area contributed by atoms with Gasteiger partial charge < -0.3 is 16.0 Å². The lowest BCUT2D eigenvalue weighted by molar-refractivity contribution is -0.124. The number of anilines is 1. The van der Waals surface area contributed by atoms with Gasteiger partial charge in [0.1, 0.15) is 0 Å². The predicted octanol–water partition coefficient (Wildman–Crippen LogP) is 1.90. The normalized spacial score (nSPS) is 11.8. The summed E-state index contributed by atoms with van der Waals surface area (Å²) in [6.45, 7) is 5.02. The Hall–Kier alpha value is -1.88. The number of rotatable bonds is 8. The summed E-state index contributed by atoms with van der Waals surface area (Å²) in [5.74, 6) is 0.00623. The average Bonchev–Trinajstić information content (AvgIpc) is 2.46. The quantitative estimate of drug-likeness (QED) is 0.685. The molecule has 0 heterocycles. The minimum absolute atomic E-state index is 0.0273. The van der Waals surface area contributed by atoms with E-state index in [1.807, 2.05) is 45.2 Å². The summed E-state index contributed by atoms with van der Waals surface area (Å²) >= 11 is 0. The Morgan fingerprint density at radius 3 is 2.43 bits per heavy atom. The lowest BCUT2D eigenvalue weighted by atomic mass is 10.1. The molecular formula is C16H25N3O2. The maximum Gasteiger partial charge on any atom is 0.224 e. The van der Waals surface area contributed by atoms with Gasteiger partial charge in [-0.1, -0.05) is 26.0 Å². The highest BCUT2D eigenvalue weighted by Gasteiger charge is 2.10. The van der Waals surface area contributed by atoms with Crippen LogP contribution in [0, 0.1) is 5.92 Å². The topological polar surface area (TPSA) is 70.2 Å². The van der Waals surface area contributed by atoms with Gasteiger partial charge in [-0.3, -0.25) is 9.59 Å². The molecule has 0 saturated carbocycles. The second kappa shape index (κ2) is 9.13. The molecule has 0 saturated heterocycles. The third kappa shape index (κ3) is 6.40. The molecule has 0 aliphatic rings. The van der Waals surface area contributed by atoms with Crippen LogP contribution in [-0.2, 0) is 16.1 Å². The number of nitrogens with one attached hydrogen (secondary N) is 3. The molecule has 21 heavy (non-hydrogen) atoms. The van der Waals surface area contributed by atoms with Crippen molar-refractivity contribution in [1.82, 2.24) is 10.6 Å². The van der Waals surface area contributed by atoms with Crippen molar-refractivity contribution in [2.24, 2.45) is 5.92 Å². The molecule has 116 valence electrons. The van der Waals surface area contributed by atoms with Crippen LogP contribution in [-0.4, -0.2) is 25.4 Å². The second-order valence-corrected chi connectivity index (χ2v) is 5.17. The minimum atomic E-state index is -0.0531. The molecule has 1 rings (SSSR count). The van der Waals surface area contributed by atoms with Gasteiger partial charge in [0, 0.05) is 31.1 Å². The van der Waals surface area contributed by atoms with Crippen molar-refractivity contribution in [1.29, 1.82) is 0 Å². The van der Waals surface area contributed by atoms with E-state index in [9.17, 15) is 9.59 Å². The molecule has 0 spiro atoms. The van der Waals surface area contributed by atoms with Crippen LogP contribution in [0.2, 0.25) is 0 Å². The lowest BCUT2D eigenvalue weighted by Crippen LogP contribution is -2.33. The van der Waals surface area contributed by atoms with Crippen LogP contribution in [0.25, 0.3) is 0 Å². The molecule has 0 aliphatic carbocycles. The fourth-order valence-electron chi connectivity index (χ4n) is 1.92. The van der Waals surface area contributed by atoms with Crippen LogP contribution in [0.1, 0.15) is 32.3 Å². The van der Waals surface area contributed by atoms with E-state index in [0.29, 0.717) is 19.5 Å². The van der Waals surface area contributed by atoms with E-state index in [1.165, 1.54) is 0 Å². The molecule has 3 N–H and O–H groups in total. The first-order chi connectivity index (χ1) is 10.1. The summed E-state index contributed by atoms with van der Waals surface area (Å²) in [6, 6.07) is 7.52. The molecule has 0 radical (unpaired) electrons. The van der Waals surface area contributed by atoms with Crippen molar-refractivity contribution in [3.8, 4) is 0 Å². The first-order valence-electron chi connectivity index (χ1n) is 7.38. The lowest BCUT2D eigenvalue weighted by Gasteiger charge is -2.12. The Kier molecular flexibility index (Phi) is 7.46. The van der Waals surface area contributed by atoms with E-state index in [4.69, 9.17) is 0 Å². The number of hydrogen-bond acceptors (Lipinski definition) is 3. The zero-order chi connectivity index (χ0) is 15.7. The molecule has 1 aromatic carbocycles. The van der Waals surface area contributed by atoms with Crippen LogP contribution in [0.4, 0.5) is 5.69 Å². The Balaban J connectivity index is 2.44. The molecule has 0 fully saturated rings. The molecule has 1 unspecified atom stereocenters. The van der Waals surface area contributed by atoms with Gasteiger partial charge in [0.15, 0.2) is 0 Å². The van der Waals surface area contributed by atoms with Gasteiger partial charge in [0.25, 0.3) is 0 Å². The number of carbonyl (C=O) groups excluding carboxylic acids is 2. The van der Waals surface area contributed by atoms with Gasteiger partial charge in [-0.05, 0) is 31.2 Å². The fourth-order valence-corrected chi connectivity index (χ4v) is 1.92. The standard InChI is InChI=1S/C16H25N3O2/c1-4-5-15(20)19-14-8-6-13(7-9-14)11-18-16(21)12(2)10-17-3/h6-9,12,17H,4-5,10-11H2,1-3H3,(H,18,21)(H,19,20). The van der Waals surface area contributed by atoms with Gasteiger partial charge in [0.05, 0.1) is 0 Å². The SMILES string of the molecule is CCCC(=O)Nc1ccc(CNC(=O)C(C)CNC)cc1. The average molecular weight is 291 g/mol. The van der Waals surface area contributed by atoms with Crippen LogP contribution in [0.3, 0.4) is 0 Å². The van der Waals surface area contributed by atoms with Gasteiger partial charge in [0.2, 0.25) is 11.8 Å². The zero-order valence-corrected chi connectivity index (χ0v) is 13.0. The highest BCUT2D eigenvalue weighted by Crippen LogP contribution is 2.10. The minimum Gasteiger partial charge on any atom is -0.352 e. The zero-order valence-electron chi connectivity index (χ0n) is 13.0. The largest absolute Gasteiger partial charge is 0.352 e. The molecule has 0 aromatic heterocycles. The van der Waals surface area contributed by atoms with Gasteiger partial charge in [-0.2, -0.15) is 0 Å². The maximum absolute atomic E-state index is 11.8. The first kappa shape index (κ1) is 17.2. The van der Waals surface area contributed by atoms with E-state index in [2.05, 4.69) is 16.0 Å². The van der Waals surface area contributed by atoms with E-state index >= 15 is 0 Å². The molecule has 1 atom stereocenters. The van der Waals surface area contributed by atoms with Gasteiger partial charge in [-0.15, -0.1) is 0 Å². The van der Waals surface area contributed by atoms with Crippen LogP contribution in [0.15, 0.2) is 24.3 Å². The van der Waals surface area contributed by atoms with E-state index in [-0.39, 0.29) is 17.7 Å². The van der Waals surface area contributed by atoms with E-state index in [0.717, 1.165) is 17.7 Å². The van der Waals surface area contributed by atoms with Crippen molar-refractivity contribution in [2.45, 2.75) is 33.2 Å². The monoisotopic (exact) mass is 291 g/mol. The molecule has 0 bridgehead atoms. The number of hydrogen-bond donors (Lipinski definition) is 3. The second-order valence-electron chi connectivity index (χ2n) is 5.17. The van der Waals surface area contributed by atoms with Crippen LogP contribution < -0.4 is 16.0 Å². The number of benzene rings is 1. The van der Waals surface area contributed by atoms with E-state index < -0.39 is 0 Å². The third-order valence-corrected chi connectivity index (χ3v) is 3.14. The van der Waals surface area contributed by atoms with Crippen LogP contribution >= 0.6 is 0 Å². The summed E-state index contributed by atoms with van der Waals surface area (Å²) in [4.78, 5) is 23.3. The summed E-state index contributed by atoms with van der Waals surface area (Å²) in [5.41, 5.74) is 1.79. The first-order valence-corrected chi connectivity index (χ1v) is 7.38. The van der Waals surface area contributed by atoms with E-state index in [1.54, 1.807) is 0 Å².